The summed E-state index contributed by atoms with van der Waals surface area (Å²) < 4.78 is 34.4. The molecule has 1 saturated carbocycles. The first-order valence-electron chi connectivity index (χ1n) is 10.3. The van der Waals surface area contributed by atoms with Gasteiger partial charge in [0, 0.05) is 12.6 Å². The highest BCUT2D eigenvalue weighted by Gasteiger charge is 2.36. The van der Waals surface area contributed by atoms with Crippen LogP contribution in [0.4, 0.5) is 11.6 Å². The molecule has 3 aromatic rings. The maximum absolute atomic E-state index is 12.9. The SMILES string of the molecule is O=S(=O)(Nc1nc2ccccc2nc1NC1CCOC(C2CC2)C1)c1ccccc1. The van der Waals surface area contributed by atoms with Crippen LogP contribution in [0, 0.1) is 5.92 Å². The Bertz CT molecular complexity index is 1150. The topological polar surface area (TPSA) is 93.2 Å². The number of anilines is 2. The second-order valence-corrected chi connectivity index (χ2v) is 9.62. The third-order valence-electron chi connectivity index (χ3n) is 5.66. The molecule has 2 fully saturated rings. The van der Waals surface area contributed by atoms with E-state index in [0.717, 1.165) is 12.8 Å². The number of hydrogen-bond donors (Lipinski definition) is 2. The number of benzene rings is 2. The lowest BCUT2D eigenvalue weighted by Crippen LogP contribution is -2.35. The molecule has 30 heavy (non-hydrogen) atoms. The fourth-order valence-corrected chi connectivity index (χ4v) is 4.94. The fraction of sp³-hybridized carbons (Fsp3) is 0.364. The van der Waals surface area contributed by atoms with Crippen LogP contribution in [0.15, 0.2) is 59.5 Å². The quantitative estimate of drug-likeness (QED) is 0.625. The summed E-state index contributed by atoms with van der Waals surface area (Å²) in [6, 6.07) is 15.9. The van der Waals surface area contributed by atoms with Crippen LogP contribution < -0.4 is 10.0 Å². The van der Waals surface area contributed by atoms with Crippen molar-refractivity contribution in [2.24, 2.45) is 5.92 Å². The number of para-hydroxylation sites is 2. The van der Waals surface area contributed by atoms with Crippen LogP contribution in [0.5, 0.6) is 0 Å². The summed E-state index contributed by atoms with van der Waals surface area (Å²) in [6.45, 7) is 0.699. The zero-order valence-electron chi connectivity index (χ0n) is 16.5. The molecule has 2 aromatic carbocycles. The Morgan fingerprint density at radius 3 is 2.23 bits per heavy atom. The molecule has 0 radical (unpaired) electrons. The molecule has 0 bridgehead atoms. The summed E-state index contributed by atoms with van der Waals surface area (Å²) >= 11 is 0. The molecule has 1 aromatic heterocycles. The van der Waals surface area contributed by atoms with Gasteiger partial charge in [-0.1, -0.05) is 30.3 Å². The highest BCUT2D eigenvalue weighted by molar-refractivity contribution is 7.92. The first kappa shape index (κ1) is 19.3. The van der Waals surface area contributed by atoms with Gasteiger partial charge < -0.3 is 10.1 Å². The van der Waals surface area contributed by atoms with Crippen molar-refractivity contribution in [1.29, 1.82) is 0 Å². The van der Waals surface area contributed by atoms with Gasteiger partial charge in [-0.25, -0.2) is 18.4 Å². The predicted molar refractivity (Wildman–Crippen MR) is 116 cm³/mol. The first-order valence-corrected chi connectivity index (χ1v) is 11.8. The molecule has 8 heteroatoms. The highest BCUT2D eigenvalue weighted by Crippen LogP contribution is 2.39. The number of nitrogens with zero attached hydrogens (tertiary/aromatic N) is 2. The Hall–Kier alpha value is -2.71. The van der Waals surface area contributed by atoms with Crippen LogP contribution in [-0.4, -0.2) is 37.1 Å². The molecule has 1 aliphatic carbocycles. The molecule has 7 nitrogen and oxygen atoms in total. The van der Waals surface area contributed by atoms with Crippen molar-refractivity contribution in [2.75, 3.05) is 16.6 Å². The smallest absolute Gasteiger partial charge is 0.263 e. The first-order chi connectivity index (χ1) is 14.6. The molecule has 2 aliphatic rings. The Labute approximate surface area is 175 Å². The number of nitrogens with one attached hydrogen (secondary N) is 2. The largest absolute Gasteiger partial charge is 0.378 e. The molecule has 2 atom stereocenters. The van der Waals surface area contributed by atoms with Gasteiger partial charge in [-0.05, 0) is 55.9 Å². The molecular weight excluding hydrogens is 400 g/mol. The number of hydrogen-bond acceptors (Lipinski definition) is 6. The van der Waals surface area contributed by atoms with E-state index in [1.165, 1.54) is 12.8 Å². The van der Waals surface area contributed by atoms with E-state index in [2.05, 4.69) is 15.0 Å². The molecule has 156 valence electrons. The van der Waals surface area contributed by atoms with Gasteiger partial charge in [-0.15, -0.1) is 0 Å². The van der Waals surface area contributed by atoms with E-state index in [9.17, 15) is 8.42 Å². The molecular formula is C22H24N4O3S. The minimum Gasteiger partial charge on any atom is -0.378 e. The van der Waals surface area contributed by atoms with E-state index in [0.29, 0.717) is 29.4 Å². The minimum atomic E-state index is -3.78. The normalized spacial score (nSPS) is 22.0. The second-order valence-electron chi connectivity index (χ2n) is 7.94. The van der Waals surface area contributed by atoms with Crippen molar-refractivity contribution in [3.63, 3.8) is 0 Å². The van der Waals surface area contributed by atoms with E-state index in [-0.39, 0.29) is 22.9 Å². The molecule has 1 aliphatic heterocycles. The van der Waals surface area contributed by atoms with Crippen molar-refractivity contribution >= 4 is 32.7 Å². The van der Waals surface area contributed by atoms with Gasteiger partial charge >= 0.3 is 0 Å². The van der Waals surface area contributed by atoms with Crippen molar-refractivity contribution < 1.29 is 13.2 Å². The number of sulfonamides is 1. The predicted octanol–water partition coefficient (Wildman–Crippen LogP) is 3.80. The molecule has 0 amide bonds. The van der Waals surface area contributed by atoms with Crippen LogP contribution >= 0.6 is 0 Å². The van der Waals surface area contributed by atoms with Crippen molar-refractivity contribution in [3.8, 4) is 0 Å². The Balaban J connectivity index is 1.47. The molecule has 2 heterocycles. The number of fused-ring (bicyclic) bond motifs is 1. The highest BCUT2D eigenvalue weighted by atomic mass is 32.2. The van der Waals surface area contributed by atoms with Gasteiger partial charge in [0.05, 0.1) is 22.0 Å². The summed E-state index contributed by atoms with van der Waals surface area (Å²) in [5.41, 5.74) is 1.35. The molecule has 0 spiro atoms. The lowest BCUT2D eigenvalue weighted by molar-refractivity contribution is -0.00222. The Kier molecular flexibility index (Phi) is 5.04. The van der Waals surface area contributed by atoms with Gasteiger partial charge in [0.25, 0.3) is 10.0 Å². The summed E-state index contributed by atoms with van der Waals surface area (Å²) in [7, 11) is -3.78. The average molecular weight is 425 g/mol. The maximum Gasteiger partial charge on any atom is 0.263 e. The molecule has 1 saturated heterocycles. The monoisotopic (exact) mass is 424 g/mol. The summed E-state index contributed by atoms with van der Waals surface area (Å²) in [6.07, 6.45) is 4.48. The van der Waals surface area contributed by atoms with Crippen LogP contribution in [0.1, 0.15) is 25.7 Å². The zero-order valence-corrected chi connectivity index (χ0v) is 17.3. The summed E-state index contributed by atoms with van der Waals surface area (Å²) in [5.74, 6) is 1.33. The van der Waals surface area contributed by atoms with E-state index in [4.69, 9.17) is 9.72 Å². The van der Waals surface area contributed by atoms with Crippen molar-refractivity contribution in [1.82, 2.24) is 9.97 Å². The number of aromatic nitrogens is 2. The van der Waals surface area contributed by atoms with Gasteiger partial charge in [0.15, 0.2) is 11.6 Å². The molecule has 5 rings (SSSR count). The molecule has 2 unspecified atom stereocenters. The number of rotatable bonds is 6. The van der Waals surface area contributed by atoms with Crippen molar-refractivity contribution in [3.05, 3.63) is 54.6 Å². The Morgan fingerprint density at radius 2 is 1.53 bits per heavy atom. The molecule has 2 N–H and O–H groups in total. The fourth-order valence-electron chi connectivity index (χ4n) is 3.91. The average Bonchev–Trinajstić information content (AvgIpc) is 3.60. The minimum absolute atomic E-state index is 0.166. The zero-order chi connectivity index (χ0) is 20.6. The van der Waals surface area contributed by atoms with Crippen LogP contribution in [0.25, 0.3) is 11.0 Å². The van der Waals surface area contributed by atoms with E-state index in [1.54, 1.807) is 30.3 Å². The Morgan fingerprint density at radius 1 is 0.867 bits per heavy atom. The van der Waals surface area contributed by atoms with Gasteiger partial charge in [-0.2, -0.15) is 0 Å². The lowest BCUT2D eigenvalue weighted by atomic mass is 10.00. The van der Waals surface area contributed by atoms with E-state index < -0.39 is 10.0 Å². The number of ether oxygens (including phenoxy) is 1. The van der Waals surface area contributed by atoms with Crippen LogP contribution in [0.3, 0.4) is 0 Å². The summed E-state index contributed by atoms with van der Waals surface area (Å²) in [5, 5.41) is 3.45. The van der Waals surface area contributed by atoms with Gasteiger partial charge in [-0.3, -0.25) is 4.72 Å². The second kappa shape index (κ2) is 7.85. The van der Waals surface area contributed by atoms with Crippen molar-refractivity contribution in [2.45, 2.75) is 42.7 Å². The van der Waals surface area contributed by atoms with Gasteiger partial charge in [0.2, 0.25) is 0 Å². The third kappa shape index (κ3) is 4.11. The summed E-state index contributed by atoms with van der Waals surface area (Å²) in [4.78, 5) is 9.45. The lowest BCUT2D eigenvalue weighted by Gasteiger charge is -2.31. The van der Waals surface area contributed by atoms with Crippen LogP contribution in [0.2, 0.25) is 0 Å². The van der Waals surface area contributed by atoms with E-state index >= 15 is 0 Å². The van der Waals surface area contributed by atoms with E-state index in [1.807, 2.05) is 24.3 Å². The van der Waals surface area contributed by atoms with Gasteiger partial charge in [0.1, 0.15) is 0 Å². The third-order valence-corrected chi connectivity index (χ3v) is 7.01. The maximum atomic E-state index is 12.9. The standard InChI is InChI=1S/C22H24N4O3S/c27-30(28,17-6-2-1-3-7-17)26-22-21(24-18-8-4-5-9-19(18)25-22)23-16-12-13-29-20(14-16)15-10-11-15/h1-9,15-16,20H,10-14H2,(H,23,24)(H,25,26). The van der Waals surface area contributed by atoms with Crippen LogP contribution in [-0.2, 0) is 14.8 Å².